The molecule has 1 spiro atoms. The quantitative estimate of drug-likeness (QED) is 0.197. The van der Waals surface area contributed by atoms with E-state index in [-0.39, 0.29) is 0 Å². The molecule has 0 radical (unpaired) electrons. The predicted molar refractivity (Wildman–Crippen MR) is 199 cm³/mol. The van der Waals surface area contributed by atoms with Gasteiger partial charge in [0, 0.05) is 11.8 Å². The van der Waals surface area contributed by atoms with Crippen molar-refractivity contribution in [3.8, 4) is 61.8 Å². The summed E-state index contributed by atoms with van der Waals surface area (Å²) in [6, 6.07) is 61.6. The van der Waals surface area contributed by atoms with E-state index in [2.05, 4.69) is 163 Å². The molecule has 0 aliphatic heterocycles. The molecule has 0 saturated carbocycles. The highest BCUT2D eigenvalue weighted by Crippen LogP contribution is 2.64. The van der Waals surface area contributed by atoms with Gasteiger partial charge in [0.05, 0.1) is 22.7 Å². The lowest BCUT2D eigenvalue weighted by Gasteiger charge is -2.31. The predicted octanol–water partition coefficient (Wildman–Crippen LogP) is 11.5. The molecule has 8 aromatic rings. The van der Waals surface area contributed by atoms with Gasteiger partial charge >= 0.3 is 0 Å². The molecule has 0 fully saturated rings. The zero-order valence-electron chi connectivity index (χ0n) is 26.6. The topological polar surface area (TPSA) is 36.7 Å². The maximum atomic E-state index is 9.45. The number of fused-ring (bicyclic) bond motifs is 12. The molecule has 7 aromatic carbocycles. The van der Waals surface area contributed by atoms with Crippen LogP contribution in [0, 0.1) is 11.3 Å². The van der Waals surface area contributed by atoms with Crippen molar-refractivity contribution in [1.29, 1.82) is 5.26 Å². The van der Waals surface area contributed by atoms with Gasteiger partial charge < -0.3 is 0 Å². The van der Waals surface area contributed by atoms with Crippen molar-refractivity contribution in [1.82, 2.24) is 4.98 Å². The molecule has 0 saturated heterocycles. The Bertz CT molecular complexity index is 2620. The first kappa shape index (κ1) is 27.5. The Labute approximate surface area is 285 Å². The molecule has 2 heteroatoms. The van der Waals surface area contributed by atoms with Gasteiger partial charge in [-0.05, 0) is 102 Å². The van der Waals surface area contributed by atoms with E-state index in [1.807, 2.05) is 6.07 Å². The molecule has 0 N–H and O–H groups in total. The summed E-state index contributed by atoms with van der Waals surface area (Å²) in [6.45, 7) is 0. The van der Waals surface area contributed by atoms with Gasteiger partial charge in [0.15, 0.2) is 0 Å². The molecule has 1 aromatic heterocycles. The van der Waals surface area contributed by atoms with Crippen molar-refractivity contribution >= 4 is 10.8 Å². The van der Waals surface area contributed by atoms with E-state index in [9.17, 15) is 5.26 Å². The van der Waals surface area contributed by atoms with Gasteiger partial charge in [-0.1, -0.05) is 140 Å². The van der Waals surface area contributed by atoms with Crippen LogP contribution in [0.5, 0.6) is 0 Å². The van der Waals surface area contributed by atoms with Crippen LogP contribution < -0.4 is 0 Å². The fourth-order valence-electron chi connectivity index (χ4n) is 8.52. The summed E-state index contributed by atoms with van der Waals surface area (Å²) in [6.07, 6.45) is 1.70. The SMILES string of the molecule is N#Cc1ccnc(-c2ccc(-c3cc4c(c5ccccc35)-c3ccc(-c5ccccc5)cc3C43c4ccccc4-c4ccccc43)cc2)c1. The van der Waals surface area contributed by atoms with Crippen molar-refractivity contribution in [2.24, 2.45) is 0 Å². The Hall–Kier alpha value is -6.56. The lowest BCUT2D eigenvalue weighted by atomic mass is 9.69. The smallest absolute Gasteiger partial charge is 0.0992 e. The van der Waals surface area contributed by atoms with E-state index in [1.165, 1.54) is 72.0 Å². The van der Waals surface area contributed by atoms with Crippen LogP contribution in [0.25, 0.3) is 66.5 Å². The number of hydrogen-bond donors (Lipinski definition) is 0. The van der Waals surface area contributed by atoms with E-state index < -0.39 is 5.41 Å². The van der Waals surface area contributed by atoms with Gasteiger partial charge in [0.2, 0.25) is 0 Å². The summed E-state index contributed by atoms with van der Waals surface area (Å²) in [5, 5.41) is 11.9. The summed E-state index contributed by atoms with van der Waals surface area (Å²) in [4.78, 5) is 4.55. The van der Waals surface area contributed by atoms with Crippen LogP contribution in [0.15, 0.2) is 170 Å². The van der Waals surface area contributed by atoms with E-state index in [0.29, 0.717) is 5.56 Å². The third-order valence-electron chi connectivity index (χ3n) is 10.6. The number of aromatic nitrogens is 1. The van der Waals surface area contributed by atoms with E-state index in [1.54, 1.807) is 12.3 Å². The number of nitriles is 1. The van der Waals surface area contributed by atoms with Gasteiger partial charge in [-0.15, -0.1) is 0 Å². The Morgan fingerprint density at radius 3 is 1.80 bits per heavy atom. The van der Waals surface area contributed by atoms with Crippen LogP contribution >= 0.6 is 0 Å². The number of nitrogens with zero attached hydrogens (tertiary/aromatic N) is 2. The second-order valence-corrected chi connectivity index (χ2v) is 13.0. The molecular weight excluding hydrogens is 593 g/mol. The van der Waals surface area contributed by atoms with Crippen molar-refractivity contribution in [3.63, 3.8) is 0 Å². The molecular formula is C47H28N2. The lowest BCUT2D eigenvalue weighted by Crippen LogP contribution is -2.26. The first-order chi connectivity index (χ1) is 24.3. The summed E-state index contributed by atoms with van der Waals surface area (Å²) in [5.74, 6) is 0. The van der Waals surface area contributed by atoms with Crippen LogP contribution in [0.4, 0.5) is 0 Å². The monoisotopic (exact) mass is 620 g/mol. The second kappa shape index (κ2) is 10.5. The Morgan fingerprint density at radius 1 is 0.429 bits per heavy atom. The molecule has 0 bridgehead atoms. The molecule has 10 rings (SSSR count). The summed E-state index contributed by atoms with van der Waals surface area (Å²) in [5.41, 5.74) is 17.3. The highest BCUT2D eigenvalue weighted by molar-refractivity contribution is 6.11. The van der Waals surface area contributed by atoms with Crippen LogP contribution in [0.1, 0.15) is 27.8 Å². The number of pyridine rings is 1. The van der Waals surface area contributed by atoms with Crippen LogP contribution in [0.3, 0.4) is 0 Å². The van der Waals surface area contributed by atoms with Crippen molar-refractivity contribution in [2.45, 2.75) is 5.41 Å². The van der Waals surface area contributed by atoms with Crippen molar-refractivity contribution in [3.05, 3.63) is 198 Å². The molecule has 49 heavy (non-hydrogen) atoms. The van der Waals surface area contributed by atoms with E-state index >= 15 is 0 Å². The molecule has 0 amide bonds. The minimum absolute atomic E-state index is 0.469. The maximum absolute atomic E-state index is 9.45. The second-order valence-electron chi connectivity index (χ2n) is 13.0. The summed E-state index contributed by atoms with van der Waals surface area (Å²) in [7, 11) is 0. The van der Waals surface area contributed by atoms with Crippen LogP contribution in [-0.4, -0.2) is 4.98 Å². The molecule has 0 atom stereocenters. The number of rotatable bonds is 3. The van der Waals surface area contributed by atoms with E-state index in [0.717, 1.165) is 16.8 Å². The highest BCUT2D eigenvalue weighted by Gasteiger charge is 2.52. The summed E-state index contributed by atoms with van der Waals surface area (Å²) < 4.78 is 0. The first-order valence-electron chi connectivity index (χ1n) is 16.7. The van der Waals surface area contributed by atoms with Crippen molar-refractivity contribution < 1.29 is 0 Å². The molecule has 2 nitrogen and oxygen atoms in total. The Kier molecular flexibility index (Phi) is 5.89. The molecule has 1 heterocycles. The molecule has 2 aliphatic rings. The average Bonchev–Trinajstić information content (AvgIpc) is 3.65. The fourth-order valence-corrected chi connectivity index (χ4v) is 8.52. The first-order valence-corrected chi connectivity index (χ1v) is 16.7. The minimum Gasteiger partial charge on any atom is -0.256 e. The van der Waals surface area contributed by atoms with Gasteiger partial charge in [-0.3, -0.25) is 4.98 Å². The average molecular weight is 621 g/mol. The Balaban J connectivity index is 1.28. The largest absolute Gasteiger partial charge is 0.256 e. The normalized spacial score (nSPS) is 13.0. The fraction of sp³-hybridized carbons (Fsp3) is 0.0213. The molecule has 226 valence electrons. The molecule has 2 aliphatic carbocycles. The van der Waals surface area contributed by atoms with E-state index in [4.69, 9.17) is 0 Å². The number of hydrogen-bond acceptors (Lipinski definition) is 2. The van der Waals surface area contributed by atoms with Gasteiger partial charge in [-0.25, -0.2) is 0 Å². The maximum Gasteiger partial charge on any atom is 0.0992 e. The molecule has 0 unspecified atom stereocenters. The Morgan fingerprint density at radius 2 is 1.06 bits per heavy atom. The summed E-state index contributed by atoms with van der Waals surface area (Å²) >= 11 is 0. The zero-order chi connectivity index (χ0) is 32.5. The van der Waals surface area contributed by atoms with Gasteiger partial charge in [0.25, 0.3) is 0 Å². The van der Waals surface area contributed by atoms with Gasteiger partial charge in [0.1, 0.15) is 0 Å². The minimum atomic E-state index is -0.469. The van der Waals surface area contributed by atoms with Crippen molar-refractivity contribution in [2.75, 3.05) is 0 Å². The zero-order valence-corrected chi connectivity index (χ0v) is 26.6. The lowest BCUT2D eigenvalue weighted by molar-refractivity contribution is 0.795. The highest BCUT2D eigenvalue weighted by atomic mass is 14.7. The van der Waals surface area contributed by atoms with Crippen LogP contribution in [-0.2, 0) is 5.41 Å². The third-order valence-corrected chi connectivity index (χ3v) is 10.6. The third kappa shape index (κ3) is 3.85. The number of benzene rings is 7. The van der Waals surface area contributed by atoms with Crippen LogP contribution in [0.2, 0.25) is 0 Å². The standard InChI is InChI=1S/C47H28N2/c48-29-30-24-25-49-45(26-30)33-20-18-32(19-21-33)40-28-44-46(38-15-5-4-12-35(38)40)39-23-22-34(31-10-2-1-3-11-31)27-43(39)47(44)41-16-8-6-13-36(41)37-14-7-9-17-42(37)47/h1-28H. The van der Waals surface area contributed by atoms with Gasteiger partial charge in [-0.2, -0.15) is 5.26 Å².